The third-order valence-corrected chi connectivity index (χ3v) is 5.29. The molecule has 1 heterocycles. The second-order valence-electron chi connectivity index (χ2n) is 7.49. The van der Waals surface area contributed by atoms with Crippen molar-refractivity contribution >= 4 is 27.5 Å². The van der Waals surface area contributed by atoms with Crippen molar-refractivity contribution in [1.29, 1.82) is 0 Å². The van der Waals surface area contributed by atoms with E-state index < -0.39 is 0 Å². The van der Waals surface area contributed by atoms with E-state index in [-0.39, 0.29) is 11.8 Å². The molecule has 0 saturated heterocycles. The summed E-state index contributed by atoms with van der Waals surface area (Å²) in [6.07, 6.45) is 3.25. The van der Waals surface area contributed by atoms with Crippen molar-refractivity contribution in [2.24, 2.45) is 0 Å². The van der Waals surface area contributed by atoms with Crippen LogP contribution in [0.4, 0.5) is 5.69 Å². The second kappa shape index (κ2) is 9.83. The first kappa shape index (κ1) is 21.2. The van der Waals surface area contributed by atoms with Crippen LogP contribution in [0.1, 0.15) is 56.0 Å². The number of rotatable bonds is 8. The first-order valence-electron chi connectivity index (χ1n) is 9.92. The number of benzene rings is 2. The fourth-order valence-corrected chi connectivity index (χ4v) is 3.32. The Hall–Kier alpha value is -2.47. The Kier molecular flexibility index (Phi) is 7.20. The van der Waals surface area contributed by atoms with Crippen molar-refractivity contribution < 1.29 is 9.32 Å². The molecule has 0 radical (unpaired) electrons. The van der Waals surface area contributed by atoms with Crippen LogP contribution in [-0.4, -0.2) is 16.0 Å². The molecule has 3 rings (SSSR count). The number of halogens is 1. The molecule has 1 aromatic heterocycles. The van der Waals surface area contributed by atoms with Crippen molar-refractivity contribution in [3.05, 3.63) is 63.9 Å². The van der Waals surface area contributed by atoms with Crippen molar-refractivity contribution in [2.45, 2.75) is 52.4 Å². The van der Waals surface area contributed by atoms with Crippen molar-refractivity contribution in [3.8, 4) is 11.5 Å². The maximum atomic E-state index is 12.5. The van der Waals surface area contributed by atoms with Crippen LogP contribution < -0.4 is 5.32 Å². The summed E-state index contributed by atoms with van der Waals surface area (Å²) in [7, 11) is 0. The molecular weight excluding hydrogens is 430 g/mol. The summed E-state index contributed by atoms with van der Waals surface area (Å²) < 4.78 is 6.51. The molecule has 6 heteroatoms. The maximum absolute atomic E-state index is 12.5. The lowest BCUT2D eigenvalue weighted by Crippen LogP contribution is -2.13. The number of anilines is 1. The van der Waals surface area contributed by atoms with Gasteiger partial charge >= 0.3 is 0 Å². The molecule has 1 amide bonds. The monoisotopic (exact) mass is 455 g/mol. The number of nitrogens with zero attached hydrogens (tertiary/aromatic N) is 2. The highest BCUT2D eigenvalue weighted by Gasteiger charge is 2.17. The molecule has 0 spiro atoms. The van der Waals surface area contributed by atoms with Gasteiger partial charge in [0.2, 0.25) is 5.91 Å². The predicted octanol–water partition coefficient (Wildman–Crippen LogP) is 6.28. The summed E-state index contributed by atoms with van der Waals surface area (Å²) >= 11 is 3.45. The summed E-state index contributed by atoms with van der Waals surface area (Å²) in [6, 6.07) is 14.1. The molecule has 0 unspecified atom stereocenters. The van der Waals surface area contributed by atoms with E-state index in [0.717, 1.165) is 40.5 Å². The largest absolute Gasteiger partial charge is 0.334 e. The number of nitrogens with one attached hydrogen (secondary N) is 1. The van der Waals surface area contributed by atoms with Gasteiger partial charge in [-0.05, 0) is 55.5 Å². The summed E-state index contributed by atoms with van der Waals surface area (Å²) in [4.78, 5) is 17.0. The average Bonchev–Trinajstić information content (AvgIpc) is 3.18. The lowest BCUT2D eigenvalue weighted by atomic mass is 10.1. The van der Waals surface area contributed by atoms with E-state index in [1.54, 1.807) is 0 Å². The normalized spacial score (nSPS) is 11.1. The van der Waals surface area contributed by atoms with E-state index in [9.17, 15) is 4.79 Å². The number of hydrogen-bond donors (Lipinski definition) is 1. The number of unbranched alkanes of at least 4 members (excludes halogenated alkanes) is 1. The van der Waals surface area contributed by atoms with E-state index in [0.29, 0.717) is 18.1 Å². The molecule has 29 heavy (non-hydrogen) atoms. The van der Waals surface area contributed by atoms with Crippen LogP contribution in [0.15, 0.2) is 51.5 Å². The summed E-state index contributed by atoms with van der Waals surface area (Å²) in [5.41, 5.74) is 3.75. The number of aromatic nitrogens is 2. The van der Waals surface area contributed by atoms with Crippen LogP contribution in [0.3, 0.4) is 0 Å². The molecule has 152 valence electrons. The van der Waals surface area contributed by atoms with Crippen LogP contribution in [0.25, 0.3) is 11.5 Å². The number of carbonyl (C=O) groups excluding carboxylic acids is 1. The molecule has 0 aliphatic heterocycles. The van der Waals surface area contributed by atoms with Crippen molar-refractivity contribution in [2.75, 3.05) is 5.32 Å². The number of para-hydroxylation sites is 1. The third-order valence-electron chi connectivity index (χ3n) is 4.76. The van der Waals surface area contributed by atoms with Crippen LogP contribution in [0, 0.1) is 6.92 Å². The highest BCUT2D eigenvalue weighted by Crippen LogP contribution is 2.30. The fraction of sp³-hybridized carbons (Fsp3) is 0.348. The number of amides is 1. The minimum Gasteiger partial charge on any atom is -0.334 e. The van der Waals surface area contributed by atoms with Crippen LogP contribution in [0.2, 0.25) is 0 Å². The molecule has 3 aromatic rings. The smallest absolute Gasteiger partial charge is 0.260 e. The lowest BCUT2D eigenvalue weighted by Gasteiger charge is -2.12. The Morgan fingerprint density at radius 1 is 1.14 bits per heavy atom. The van der Waals surface area contributed by atoms with E-state index >= 15 is 0 Å². The van der Waals surface area contributed by atoms with Gasteiger partial charge in [-0.1, -0.05) is 59.2 Å². The summed E-state index contributed by atoms with van der Waals surface area (Å²) in [5.74, 6) is 1.27. The second-order valence-corrected chi connectivity index (χ2v) is 8.41. The number of aryl methyl sites for hydroxylation is 2. The van der Waals surface area contributed by atoms with Gasteiger partial charge in [-0.15, -0.1) is 0 Å². The highest BCUT2D eigenvalue weighted by molar-refractivity contribution is 9.10. The Labute approximate surface area is 180 Å². The van der Waals surface area contributed by atoms with Gasteiger partial charge < -0.3 is 9.84 Å². The van der Waals surface area contributed by atoms with E-state index in [2.05, 4.69) is 43.5 Å². The zero-order valence-corrected chi connectivity index (χ0v) is 18.6. The highest BCUT2D eigenvalue weighted by atomic mass is 79.9. The van der Waals surface area contributed by atoms with E-state index in [1.807, 2.05) is 51.1 Å². The molecule has 2 aromatic carbocycles. The van der Waals surface area contributed by atoms with Crippen molar-refractivity contribution in [3.63, 3.8) is 0 Å². The average molecular weight is 456 g/mol. The molecule has 0 bridgehead atoms. The molecule has 0 atom stereocenters. The maximum Gasteiger partial charge on any atom is 0.260 e. The molecule has 0 aliphatic rings. The van der Waals surface area contributed by atoms with Gasteiger partial charge in [-0.2, -0.15) is 4.98 Å². The van der Waals surface area contributed by atoms with Gasteiger partial charge in [0.15, 0.2) is 5.82 Å². The number of hydrogen-bond acceptors (Lipinski definition) is 4. The minimum atomic E-state index is -0.0000421. The Bertz CT molecular complexity index is 965. The summed E-state index contributed by atoms with van der Waals surface area (Å²) in [5, 5.41) is 7.08. The lowest BCUT2D eigenvalue weighted by molar-refractivity contribution is -0.116. The Balaban J connectivity index is 1.60. The van der Waals surface area contributed by atoms with Gasteiger partial charge in [0.25, 0.3) is 5.89 Å². The standard InChI is InChI=1S/C23H26BrN3O2/c1-15(2)22-26-23(29-27-22)19-9-6-7-16(3)21(19)25-20(28)10-5-4-8-17-11-13-18(24)14-12-17/h6-7,9,11-15H,4-5,8,10H2,1-3H3,(H,25,28). The van der Waals surface area contributed by atoms with E-state index in [1.165, 1.54) is 5.56 Å². The minimum absolute atomic E-state index is 0.0000421. The first-order valence-corrected chi connectivity index (χ1v) is 10.7. The van der Waals surface area contributed by atoms with Gasteiger partial charge in [-0.3, -0.25) is 4.79 Å². The Morgan fingerprint density at radius 3 is 2.59 bits per heavy atom. The van der Waals surface area contributed by atoms with Gasteiger partial charge in [0.05, 0.1) is 11.3 Å². The molecule has 0 aliphatic carbocycles. The zero-order chi connectivity index (χ0) is 20.8. The van der Waals surface area contributed by atoms with Crippen LogP contribution in [-0.2, 0) is 11.2 Å². The molecular formula is C23H26BrN3O2. The number of carbonyl (C=O) groups is 1. The SMILES string of the molecule is Cc1cccc(-c2nc(C(C)C)no2)c1NC(=O)CCCCc1ccc(Br)cc1. The van der Waals surface area contributed by atoms with Gasteiger partial charge in [0, 0.05) is 16.8 Å². The van der Waals surface area contributed by atoms with Gasteiger partial charge in [-0.25, -0.2) is 0 Å². The first-order chi connectivity index (χ1) is 13.9. The van der Waals surface area contributed by atoms with Gasteiger partial charge in [0.1, 0.15) is 0 Å². The molecule has 1 N–H and O–H groups in total. The molecule has 5 nitrogen and oxygen atoms in total. The topological polar surface area (TPSA) is 68.0 Å². The Morgan fingerprint density at radius 2 is 1.90 bits per heavy atom. The summed E-state index contributed by atoms with van der Waals surface area (Å²) in [6.45, 7) is 6.00. The quantitative estimate of drug-likeness (QED) is 0.405. The zero-order valence-electron chi connectivity index (χ0n) is 17.0. The van der Waals surface area contributed by atoms with E-state index in [4.69, 9.17) is 4.52 Å². The van der Waals surface area contributed by atoms with Crippen LogP contribution >= 0.6 is 15.9 Å². The predicted molar refractivity (Wildman–Crippen MR) is 119 cm³/mol. The fourth-order valence-electron chi connectivity index (χ4n) is 3.06. The van der Waals surface area contributed by atoms with Crippen molar-refractivity contribution in [1.82, 2.24) is 10.1 Å². The van der Waals surface area contributed by atoms with Crippen LogP contribution in [0.5, 0.6) is 0 Å². The molecule has 0 fully saturated rings. The third kappa shape index (κ3) is 5.76. The molecule has 0 saturated carbocycles.